The molecule has 6 heteroatoms. The predicted molar refractivity (Wildman–Crippen MR) is 62.8 cm³/mol. The van der Waals surface area contributed by atoms with E-state index in [1.54, 1.807) is 24.3 Å². The molecule has 0 saturated carbocycles. The lowest BCUT2D eigenvalue weighted by molar-refractivity contribution is -0.384. The van der Waals surface area contributed by atoms with Crippen molar-refractivity contribution in [1.29, 1.82) is 0 Å². The van der Waals surface area contributed by atoms with Gasteiger partial charge in [-0.15, -0.1) is 0 Å². The third-order valence-electron chi connectivity index (χ3n) is 2.49. The van der Waals surface area contributed by atoms with Crippen molar-refractivity contribution in [2.45, 2.75) is 6.10 Å². The molecular weight excluding hydrogens is 238 g/mol. The zero-order chi connectivity index (χ0) is 13.1. The van der Waals surface area contributed by atoms with Crippen molar-refractivity contribution in [3.8, 4) is 11.3 Å². The second-order valence-corrected chi connectivity index (χ2v) is 3.70. The first-order chi connectivity index (χ1) is 8.61. The molecule has 0 fully saturated rings. The highest BCUT2D eigenvalue weighted by molar-refractivity contribution is 5.59. The number of nitro benzene ring substituents is 1. The quantitative estimate of drug-likeness (QED) is 0.637. The van der Waals surface area contributed by atoms with Crippen LogP contribution in [0.4, 0.5) is 5.69 Å². The SMILES string of the molecule is O=[N+]([O-])c1ccc(-c2ccc([C@H](O)CO)o2)cc1. The minimum atomic E-state index is -1.06. The second kappa shape index (κ2) is 4.99. The summed E-state index contributed by atoms with van der Waals surface area (Å²) in [7, 11) is 0. The molecular formula is C12H11NO5. The van der Waals surface area contributed by atoms with Crippen LogP contribution in [-0.4, -0.2) is 21.7 Å². The van der Waals surface area contributed by atoms with E-state index in [4.69, 9.17) is 9.52 Å². The molecule has 0 unspecified atom stereocenters. The predicted octanol–water partition coefficient (Wildman–Crippen LogP) is 1.88. The van der Waals surface area contributed by atoms with Crippen LogP contribution in [0.15, 0.2) is 40.8 Å². The van der Waals surface area contributed by atoms with E-state index in [1.807, 2.05) is 0 Å². The van der Waals surface area contributed by atoms with E-state index < -0.39 is 17.6 Å². The third kappa shape index (κ3) is 2.39. The van der Waals surface area contributed by atoms with Crippen LogP contribution in [0, 0.1) is 10.1 Å². The Balaban J connectivity index is 2.26. The summed E-state index contributed by atoms with van der Waals surface area (Å²) >= 11 is 0. The van der Waals surface area contributed by atoms with Crippen molar-refractivity contribution in [3.05, 3.63) is 52.3 Å². The maximum Gasteiger partial charge on any atom is 0.269 e. The highest BCUT2D eigenvalue weighted by Gasteiger charge is 2.13. The van der Waals surface area contributed by atoms with Gasteiger partial charge in [-0.25, -0.2) is 0 Å². The Labute approximate surface area is 102 Å². The summed E-state index contributed by atoms with van der Waals surface area (Å²) < 4.78 is 5.34. The molecule has 0 saturated heterocycles. The fourth-order valence-corrected chi connectivity index (χ4v) is 1.52. The molecule has 2 N–H and O–H groups in total. The second-order valence-electron chi connectivity index (χ2n) is 3.70. The summed E-state index contributed by atoms with van der Waals surface area (Å²) in [6.45, 7) is -0.423. The van der Waals surface area contributed by atoms with Crippen molar-refractivity contribution in [2.75, 3.05) is 6.61 Å². The highest BCUT2D eigenvalue weighted by atomic mass is 16.6. The molecule has 0 radical (unpaired) electrons. The zero-order valence-electron chi connectivity index (χ0n) is 9.31. The number of aliphatic hydroxyl groups is 2. The summed E-state index contributed by atoms with van der Waals surface area (Å²) in [5.41, 5.74) is 0.665. The lowest BCUT2D eigenvalue weighted by atomic mass is 10.1. The molecule has 18 heavy (non-hydrogen) atoms. The normalized spacial score (nSPS) is 12.3. The third-order valence-corrected chi connectivity index (χ3v) is 2.49. The smallest absolute Gasteiger partial charge is 0.269 e. The molecule has 0 aliphatic heterocycles. The van der Waals surface area contributed by atoms with Gasteiger partial charge < -0.3 is 14.6 Å². The van der Waals surface area contributed by atoms with Crippen LogP contribution >= 0.6 is 0 Å². The summed E-state index contributed by atoms with van der Waals surface area (Å²) in [5.74, 6) is 0.734. The first kappa shape index (κ1) is 12.3. The van der Waals surface area contributed by atoms with Gasteiger partial charge in [0.2, 0.25) is 0 Å². The molecule has 0 amide bonds. The number of nitro groups is 1. The largest absolute Gasteiger partial charge is 0.458 e. The van der Waals surface area contributed by atoms with Crippen molar-refractivity contribution in [2.24, 2.45) is 0 Å². The fraction of sp³-hybridized carbons (Fsp3) is 0.167. The Bertz CT molecular complexity index is 546. The number of benzene rings is 1. The molecule has 0 bridgehead atoms. The molecule has 6 nitrogen and oxygen atoms in total. The maximum atomic E-state index is 10.5. The Kier molecular flexibility index (Phi) is 3.40. The summed E-state index contributed by atoms with van der Waals surface area (Å²) in [6.07, 6.45) is -1.06. The average Bonchev–Trinajstić information content (AvgIpc) is 2.87. The van der Waals surface area contributed by atoms with E-state index in [-0.39, 0.29) is 11.4 Å². The number of hydrogen-bond acceptors (Lipinski definition) is 5. The van der Waals surface area contributed by atoms with Crippen LogP contribution in [0.2, 0.25) is 0 Å². The standard InChI is InChI=1S/C12H11NO5/c14-7-10(15)12-6-5-11(18-12)8-1-3-9(4-2-8)13(16)17/h1-6,10,14-15H,7H2/t10-/m1/s1. The van der Waals surface area contributed by atoms with Crippen molar-refractivity contribution < 1.29 is 19.6 Å². The first-order valence-corrected chi connectivity index (χ1v) is 5.25. The molecule has 0 aliphatic rings. The fourth-order valence-electron chi connectivity index (χ4n) is 1.52. The van der Waals surface area contributed by atoms with Crippen molar-refractivity contribution in [3.63, 3.8) is 0 Å². The van der Waals surface area contributed by atoms with Crippen molar-refractivity contribution >= 4 is 5.69 Å². The molecule has 1 atom stereocenters. The van der Waals surface area contributed by atoms with Crippen LogP contribution in [0.1, 0.15) is 11.9 Å². The van der Waals surface area contributed by atoms with Crippen LogP contribution in [0.25, 0.3) is 11.3 Å². The number of nitrogens with zero attached hydrogens (tertiary/aromatic N) is 1. The van der Waals surface area contributed by atoms with E-state index in [1.165, 1.54) is 12.1 Å². The molecule has 0 spiro atoms. The monoisotopic (exact) mass is 249 g/mol. The van der Waals surface area contributed by atoms with Gasteiger partial charge in [0.1, 0.15) is 17.6 Å². The van der Waals surface area contributed by atoms with Gasteiger partial charge in [0, 0.05) is 17.7 Å². The number of rotatable bonds is 4. The van der Waals surface area contributed by atoms with Gasteiger partial charge in [-0.05, 0) is 24.3 Å². The summed E-state index contributed by atoms with van der Waals surface area (Å²) in [4.78, 5) is 10.0. The number of non-ortho nitro benzene ring substituents is 1. The van der Waals surface area contributed by atoms with Crippen molar-refractivity contribution in [1.82, 2.24) is 0 Å². The lowest BCUT2D eigenvalue weighted by Gasteiger charge is -2.02. The van der Waals surface area contributed by atoms with Crippen LogP contribution in [-0.2, 0) is 0 Å². The Morgan fingerprint density at radius 3 is 2.44 bits per heavy atom. The average molecular weight is 249 g/mol. The van der Waals surface area contributed by atoms with E-state index in [0.29, 0.717) is 11.3 Å². The summed E-state index contributed by atoms with van der Waals surface area (Å²) in [6, 6.07) is 9.06. The Morgan fingerprint density at radius 1 is 1.22 bits per heavy atom. The van der Waals surface area contributed by atoms with Gasteiger partial charge in [-0.2, -0.15) is 0 Å². The van der Waals surface area contributed by atoms with Gasteiger partial charge in [-0.3, -0.25) is 10.1 Å². The van der Waals surface area contributed by atoms with E-state index in [9.17, 15) is 15.2 Å². The van der Waals surface area contributed by atoms with Crippen LogP contribution in [0.5, 0.6) is 0 Å². The zero-order valence-corrected chi connectivity index (χ0v) is 9.31. The van der Waals surface area contributed by atoms with E-state index in [2.05, 4.69) is 0 Å². The number of hydrogen-bond donors (Lipinski definition) is 2. The Hall–Kier alpha value is -2.18. The van der Waals surface area contributed by atoms with E-state index >= 15 is 0 Å². The number of furan rings is 1. The molecule has 2 aromatic rings. The molecule has 1 aromatic carbocycles. The van der Waals surface area contributed by atoms with Gasteiger partial charge >= 0.3 is 0 Å². The number of aliphatic hydroxyl groups excluding tert-OH is 2. The van der Waals surface area contributed by atoms with Gasteiger partial charge in [0.25, 0.3) is 5.69 Å². The van der Waals surface area contributed by atoms with Gasteiger partial charge in [0.15, 0.2) is 0 Å². The minimum absolute atomic E-state index is 0.000854. The molecule has 0 aliphatic carbocycles. The van der Waals surface area contributed by atoms with E-state index in [0.717, 1.165) is 0 Å². The minimum Gasteiger partial charge on any atom is -0.458 e. The lowest BCUT2D eigenvalue weighted by Crippen LogP contribution is -1.99. The molecule has 1 heterocycles. The van der Waals surface area contributed by atoms with Crippen LogP contribution in [0.3, 0.4) is 0 Å². The molecule has 2 rings (SSSR count). The highest BCUT2D eigenvalue weighted by Crippen LogP contribution is 2.26. The Morgan fingerprint density at radius 2 is 1.89 bits per heavy atom. The topological polar surface area (TPSA) is 96.7 Å². The summed E-state index contributed by atoms with van der Waals surface area (Å²) in [5, 5.41) is 28.7. The maximum absolute atomic E-state index is 10.5. The molecule has 1 aromatic heterocycles. The van der Waals surface area contributed by atoms with Gasteiger partial charge in [-0.1, -0.05) is 0 Å². The molecule has 94 valence electrons. The van der Waals surface area contributed by atoms with Gasteiger partial charge in [0.05, 0.1) is 11.5 Å². The van der Waals surface area contributed by atoms with Crippen LogP contribution < -0.4 is 0 Å². The first-order valence-electron chi connectivity index (χ1n) is 5.25.